The highest BCUT2D eigenvalue weighted by molar-refractivity contribution is 5.68. The lowest BCUT2D eigenvalue weighted by molar-refractivity contribution is -0.117. The molecular weight excluding hydrogens is 292 g/mol. The van der Waals surface area contributed by atoms with Crippen LogP contribution in [0.4, 0.5) is 4.79 Å². The second kappa shape index (κ2) is 5.92. The lowest BCUT2D eigenvalue weighted by Gasteiger charge is -2.56. The van der Waals surface area contributed by atoms with Crippen LogP contribution in [0.1, 0.15) is 53.9 Å². The molecule has 1 saturated carbocycles. The van der Waals surface area contributed by atoms with Crippen LogP contribution >= 0.6 is 0 Å². The molecule has 0 radical (unpaired) electrons. The zero-order valence-electron chi connectivity index (χ0n) is 15.2. The second-order valence-corrected chi connectivity index (χ2v) is 8.98. The first-order valence-corrected chi connectivity index (χ1v) is 9.04. The van der Waals surface area contributed by atoms with Crippen molar-refractivity contribution in [2.75, 3.05) is 19.7 Å². The molecule has 2 saturated heterocycles. The Labute approximate surface area is 140 Å². The van der Waals surface area contributed by atoms with Gasteiger partial charge in [0.05, 0.1) is 6.10 Å². The highest BCUT2D eigenvalue weighted by atomic mass is 16.6. The van der Waals surface area contributed by atoms with Crippen LogP contribution in [0.5, 0.6) is 0 Å². The standard InChI is InChI=1S/C18H32N2O3/c1-17(2,3)23-16(21)20-9-6-7-12(11-20)19-14-13-8-10-22-15(13)18(14,4)5/h12-15,19H,6-11H2,1-5H3/t12-,13+,14+,15-/m0/s1. The number of rotatable bonds is 2. The van der Waals surface area contributed by atoms with Gasteiger partial charge in [0, 0.05) is 43.1 Å². The van der Waals surface area contributed by atoms with E-state index in [-0.39, 0.29) is 11.5 Å². The van der Waals surface area contributed by atoms with E-state index in [9.17, 15) is 4.79 Å². The van der Waals surface area contributed by atoms with Gasteiger partial charge < -0.3 is 19.7 Å². The number of hydrogen-bond donors (Lipinski definition) is 1. The average molecular weight is 324 g/mol. The Bertz CT molecular complexity index is 458. The van der Waals surface area contributed by atoms with Crippen molar-refractivity contribution in [3.63, 3.8) is 0 Å². The van der Waals surface area contributed by atoms with Crippen molar-refractivity contribution in [3.8, 4) is 0 Å². The van der Waals surface area contributed by atoms with Crippen molar-refractivity contribution in [1.82, 2.24) is 10.2 Å². The van der Waals surface area contributed by atoms with Gasteiger partial charge in [0.2, 0.25) is 0 Å². The highest BCUT2D eigenvalue weighted by Crippen LogP contribution is 2.52. The van der Waals surface area contributed by atoms with Crippen LogP contribution in [0, 0.1) is 11.3 Å². The number of nitrogens with one attached hydrogen (secondary N) is 1. The Morgan fingerprint density at radius 2 is 2.04 bits per heavy atom. The molecule has 0 bridgehead atoms. The molecule has 3 fully saturated rings. The van der Waals surface area contributed by atoms with Crippen molar-refractivity contribution < 1.29 is 14.3 Å². The van der Waals surface area contributed by atoms with E-state index in [1.54, 1.807) is 0 Å². The molecule has 1 aliphatic carbocycles. The molecule has 5 nitrogen and oxygen atoms in total. The van der Waals surface area contributed by atoms with Crippen LogP contribution in [0.25, 0.3) is 0 Å². The van der Waals surface area contributed by atoms with Gasteiger partial charge in [0.1, 0.15) is 5.60 Å². The van der Waals surface area contributed by atoms with Crippen LogP contribution in [0.2, 0.25) is 0 Å². The molecule has 3 aliphatic rings. The SMILES string of the molecule is CC(C)(C)OC(=O)N1CCC[C@H](N[C@@H]2[C@H]3CCO[C@@H]3C2(C)C)C1. The molecule has 23 heavy (non-hydrogen) atoms. The molecule has 4 atom stereocenters. The van der Waals surface area contributed by atoms with Crippen LogP contribution < -0.4 is 5.32 Å². The van der Waals surface area contributed by atoms with E-state index in [1.807, 2.05) is 25.7 Å². The predicted molar refractivity (Wildman–Crippen MR) is 89.4 cm³/mol. The minimum absolute atomic E-state index is 0.182. The van der Waals surface area contributed by atoms with Crippen molar-refractivity contribution in [2.24, 2.45) is 11.3 Å². The second-order valence-electron chi connectivity index (χ2n) is 8.98. The number of piperidine rings is 1. The molecule has 3 rings (SSSR count). The van der Waals surface area contributed by atoms with Gasteiger partial charge in [-0.25, -0.2) is 4.79 Å². The monoisotopic (exact) mass is 324 g/mol. The van der Waals surface area contributed by atoms with Gasteiger partial charge in [-0.05, 0) is 40.0 Å². The van der Waals surface area contributed by atoms with Gasteiger partial charge in [-0.3, -0.25) is 0 Å². The third-order valence-electron chi connectivity index (χ3n) is 5.59. The lowest BCUT2D eigenvalue weighted by Crippen LogP contribution is -2.68. The Hall–Kier alpha value is -0.810. The zero-order chi connectivity index (χ0) is 16.8. The fourth-order valence-corrected chi connectivity index (χ4v) is 4.52. The summed E-state index contributed by atoms with van der Waals surface area (Å²) in [6, 6.07) is 0.862. The van der Waals surface area contributed by atoms with Gasteiger partial charge in [0.15, 0.2) is 0 Å². The summed E-state index contributed by atoms with van der Waals surface area (Å²) in [5, 5.41) is 3.84. The summed E-state index contributed by atoms with van der Waals surface area (Å²) in [7, 11) is 0. The maximum Gasteiger partial charge on any atom is 0.410 e. The third-order valence-corrected chi connectivity index (χ3v) is 5.59. The summed E-state index contributed by atoms with van der Waals surface area (Å²) in [4.78, 5) is 14.2. The van der Waals surface area contributed by atoms with Gasteiger partial charge in [0.25, 0.3) is 0 Å². The Morgan fingerprint density at radius 3 is 2.74 bits per heavy atom. The molecule has 0 aromatic rings. The normalized spacial score (nSPS) is 36.3. The summed E-state index contributed by atoms with van der Waals surface area (Å²) >= 11 is 0. The number of amides is 1. The van der Waals surface area contributed by atoms with E-state index in [0.717, 1.165) is 39.0 Å². The van der Waals surface area contributed by atoms with E-state index in [1.165, 1.54) is 0 Å². The predicted octanol–water partition coefficient (Wildman–Crippen LogP) is 2.79. The number of ether oxygens (including phenoxy) is 2. The Morgan fingerprint density at radius 1 is 1.30 bits per heavy atom. The van der Waals surface area contributed by atoms with Crippen molar-refractivity contribution in [1.29, 1.82) is 0 Å². The van der Waals surface area contributed by atoms with E-state index < -0.39 is 5.60 Å². The van der Waals surface area contributed by atoms with E-state index >= 15 is 0 Å². The number of carbonyl (C=O) groups excluding carboxylic acids is 1. The number of hydrogen-bond acceptors (Lipinski definition) is 4. The average Bonchev–Trinajstić information content (AvgIpc) is 2.90. The molecule has 2 heterocycles. The van der Waals surface area contributed by atoms with Gasteiger partial charge in [-0.1, -0.05) is 13.8 Å². The lowest BCUT2D eigenvalue weighted by atomic mass is 9.57. The molecule has 1 N–H and O–H groups in total. The molecule has 2 aliphatic heterocycles. The maximum atomic E-state index is 12.3. The minimum Gasteiger partial charge on any atom is -0.444 e. The molecule has 5 heteroatoms. The van der Waals surface area contributed by atoms with Crippen LogP contribution in [0.3, 0.4) is 0 Å². The van der Waals surface area contributed by atoms with E-state index in [2.05, 4.69) is 19.2 Å². The maximum absolute atomic E-state index is 12.3. The zero-order valence-corrected chi connectivity index (χ0v) is 15.2. The van der Waals surface area contributed by atoms with Gasteiger partial charge in [-0.2, -0.15) is 0 Å². The van der Waals surface area contributed by atoms with E-state index in [4.69, 9.17) is 9.47 Å². The molecule has 0 aromatic carbocycles. The summed E-state index contributed by atoms with van der Waals surface area (Å²) in [6.45, 7) is 12.8. The first kappa shape index (κ1) is 17.0. The fourth-order valence-electron chi connectivity index (χ4n) is 4.52. The number of fused-ring (bicyclic) bond motifs is 1. The first-order chi connectivity index (χ1) is 10.7. The summed E-state index contributed by atoms with van der Waals surface area (Å²) in [5.74, 6) is 0.641. The topological polar surface area (TPSA) is 50.8 Å². The molecule has 1 amide bonds. The number of carbonyl (C=O) groups is 1. The summed E-state index contributed by atoms with van der Waals surface area (Å²) in [5.41, 5.74) is -0.239. The fraction of sp³-hybridized carbons (Fsp3) is 0.944. The van der Waals surface area contributed by atoms with Crippen molar-refractivity contribution >= 4 is 6.09 Å². The number of nitrogens with zero attached hydrogens (tertiary/aromatic N) is 1. The van der Waals surface area contributed by atoms with Crippen LogP contribution in [-0.4, -0.2) is 54.5 Å². The van der Waals surface area contributed by atoms with Gasteiger partial charge >= 0.3 is 6.09 Å². The Balaban J connectivity index is 1.56. The molecule has 0 unspecified atom stereocenters. The molecular formula is C18H32N2O3. The minimum atomic E-state index is -0.429. The summed E-state index contributed by atoms with van der Waals surface area (Å²) in [6.07, 6.45) is 3.55. The Kier molecular flexibility index (Phi) is 4.38. The van der Waals surface area contributed by atoms with Gasteiger partial charge in [-0.15, -0.1) is 0 Å². The first-order valence-electron chi connectivity index (χ1n) is 9.04. The van der Waals surface area contributed by atoms with Crippen LogP contribution in [-0.2, 0) is 9.47 Å². The smallest absolute Gasteiger partial charge is 0.410 e. The molecule has 132 valence electrons. The van der Waals surface area contributed by atoms with Crippen LogP contribution in [0.15, 0.2) is 0 Å². The summed E-state index contributed by atoms with van der Waals surface area (Å²) < 4.78 is 11.4. The quantitative estimate of drug-likeness (QED) is 0.848. The van der Waals surface area contributed by atoms with E-state index in [0.29, 0.717) is 24.1 Å². The van der Waals surface area contributed by atoms with Crippen molar-refractivity contribution in [2.45, 2.75) is 77.7 Å². The molecule has 0 aromatic heterocycles. The largest absolute Gasteiger partial charge is 0.444 e. The molecule has 0 spiro atoms. The number of likely N-dealkylation sites (tertiary alicyclic amines) is 1. The van der Waals surface area contributed by atoms with Crippen molar-refractivity contribution in [3.05, 3.63) is 0 Å². The highest BCUT2D eigenvalue weighted by Gasteiger charge is 2.59. The third kappa shape index (κ3) is 3.36.